The van der Waals surface area contributed by atoms with Gasteiger partial charge in [0.25, 0.3) is 0 Å². The Bertz CT molecular complexity index is 751. The predicted octanol–water partition coefficient (Wildman–Crippen LogP) is 2.32. The maximum Gasteiger partial charge on any atom is 0.317 e. The van der Waals surface area contributed by atoms with Gasteiger partial charge in [0.2, 0.25) is 5.91 Å². The first-order valence-electron chi connectivity index (χ1n) is 9.55. The number of amides is 3. The van der Waals surface area contributed by atoms with Crippen LogP contribution in [0.4, 0.5) is 4.79 Å². The largest absolute Gasteiger partial charge is 0.356 e. The zero-order chi connectivity index (χ0) is 19.1. The van der Waals surface area contributed by atoms with Crippen LogP contribution in [0.5, 0.6) is 0 Å². The van der Waals surface area contributed by atoms with E-state index < -0.39 is 0 Å². The molecule has 0 radical (unpaired) electrons. The molecule has 2 heterocycles. The number of rotatable bonds is 6. The van der Waals surface area contributed by atoms with Crippen LogP contribution in [-0.4, -0.2) is 46.0 Å². The van der Waals surface area contributed by atoms with Crippen molar-refractivity contribution in [2.75, 3.05) is 19.6 Å². The SMILES string of the molecule is CCCNC(=O)C1CCN(C(=O)NCc2ccccc2-n2ccnc2)CC1. The van der Waals surface area contributed by atoms with Crippen molar-refractivity contribution in [1.29, 1.82) is 0 Å². The molecule has 1 aromatic carbocycles. The zero-order valence-corrected chi connectivity index (χ0v) is 15.7. The molecular formula is C20H27N5O2. The summed E-state index contributed by atoms with van der Waals surface area (Å²) in [5.74, 6) is 0.133. The molecule has 3 rings (SSSR count). The van der Waals surface area contributed by atoms with Crippen LogP contribution in [0.25, 0.3) is 5.69 Å². The predicted molar refractivity (Wildman–Crippen MR) is 103 cm³/mol. The molecule has 1 aliphatic rings. The second-order valence-corrected chi connectivity index (χ2v) is 6.81. The third kappa shape index (κ3) is 4.87. The summed E-state index contributed by atoms with van der Waals surface area (Å²) in [4.78, 5) is 30.4. The fourth-order valence-corrected chi connectivity index (χ4v) is 3.33. The highest BCUT2D eigenvalue weighted by Crippen LogP contribution is 2.18. The minimum atomic E-state index is -0.0807. The first kappa shape index (κ1) is 18.9. The van der Waals surface area contributed by atoms with Crippen LogP contribution in [0.2, 0.25) is 0 Å². The Balaban J connectivity index is 1.51. The fourth-order valence-electron chi connectivity index (χ4n) is 3.33. The molecular weight excluding hydrogens is 342 g/mol. The van der Waals surface area contributed by atoms with Gasteiger partial charge in [-0.15, -0.1) is 0 Å². The molecule has 1 aromatic heterocycles. The molecule has 144 valence electrons. The van der Waals surface area contributed by atoms with E-state index in [0.717, 1.165) is 24.2 Å². The van der Waals surface area contributed by atoms with Gasteiger partial charge < -0.3 is 20.1 Å². The van der Waals surface area contributed by atoms with Crippen molar-refractivity contribution in [2.45, 2.75) is 32.7 Å². The molecule has 7 heteroatoms. The summed E-state index contributed by atoms with van der Waals surface area (Å²) < 4.78 is 1.93. The first-order valence-corrected chi connectivity index (χ1v) is 9.55. The first-order chi connectivity index (χ1) is 13.2. The van der Waals surface area contributed by atoms with Gasteiger partial charge in [-0.05, 0) is 30.9 Å². The highest BCUT2D eigenvalue weighted by atomic mass is 16.2. The fraction of sp³-hybridized carbons (Fsp3) is 0.450. The number of benzene rings is 1. The second-order valence-electron chi connectivity index (χ2n) is 6.81. The van der Waals surface area contributed by atoms with E-state index in [1.807, 2.05) is 42.0 Å². The number of carbonyl (C=O) groups excluding carboxylic acids is 2. The third-order valence-electron chi connectivity index (χ3n) is 4.91. The van der Waals surface area contributed by atoms with Gasteiger partial charge in [-0.2, -0.15) is 0 Å². The number of hydrogen-bond donors (Lipinski definition) is 2. The lowest BCUT2D eigenvalue weighted by molar-refractivity contribution is -0.126. The summed E-state index contributed by atoms with van der Waals surface area (Å²) in [5, 5.41) is 5.95. The van der Waals surface area contributed by atoms with E-state index >= 15 is 0 Å². The highest BCUT2D eigenvalue weighted by Gasteiger charge is 2.27. The van der Waals surface area contributed by atoms with Crippen molar-refractivity contribution in [3.8, 4) is 5.69 Å². The molecule has 0 spiro atoms. The van der Waals surface area contributed by atoms with Gasteiger partial charge in [-0.1, -0.05) is 25.1 Å². The minimum absolute atomic E-state index is 0.0163. The van der Waals surface area contributed by atoms with Gasteiger partial charge in [0.15, 0.2) is 0 Å². The van der Waals surface area contributed by atoms with Crippen LogP contribution in [0.1, 0.15) is 31.7 Å². The molecule has 0 saturated carbocycles. The van der Waals surface area contributed by atoms with Gasteiger partial charge in [-0.3, -0.25) is 4.79 Å². The van der Waals surface area contributed by atoms with Crippen molar-refractivity contribution >= 4 is 11.9 Å². The standard InChI is InChI=1S/C20H27N5O2/c1-2-9-22-19(26)16-7-11-24(12-8-16)20(27)23-14-17-5-3-4-6-18(17)25-13-10-21-15-25/h3-6,10,13,15-16H,2,7-9,11-12,14H2,1H3,(H,22,26)(H,23,27). The van der Waals surface area contributed by atoms with Gasteiger partial charge in [0, 0.05) is 44.5 Å². The van der Waals surface area contributed by atoms with E-state index in [-0.39, 0.29) is 17.9 Å². The molecule has 27 heavy (non-hydrogen) atoms. The third-order valence-corrected chi connectivity index (χ3v) is 4.91. The van der Waals surface area contributed by atoms with Gasteiger partial charge in [-0.25, -0.2) is 9.78 Å². The van der Waals surface area contributed by atoms with Crippen LogP contribution in [0, 0.1) is 5.92 Å². The Morgan fingerprint density at radius 1 is 1.19 bits per heavy atom. The van der Waals surface area contributed by atoms with E-state index in [0.29, 0.717) is 32.5 Å². The van der Waals surface area contributed by atoms with E-state index in [1.54, 1.807) is 17.4 Å². The van der Waals surface area contributed by atoms with E-state index in [4.69, 9.17) is 0 Å². The normalized spacial score (nSPS) is 14.8. The van der Waals surface area contributed by atoms with Crippen molar-refractivity contribution in [3.63, 3.8) is 0 Å². The van der Waals surface area contributed by atoms with Crippen LogP contribution in [0.15, 0.2) is 43.0 Å². The summed E-state index contributed by atoms with van der Waals surface area (Å²) in [6.07, 6.45) is 7.73. The molecule has 0 unspecified atom stereocenters. The maximum absolute atomic E-state index is 12.5. The molecule has 2 aromatic rings. The number of nitrogens with zero attached hydrogens (tertiary/aromatic N) is 3. The number of piperidine rings is 1. The van der Waals surface area contributed by atoms with Crippen molar-refractivity contribution in [1.82, 2.24) is 25.1 Å². The molecule has 0 aliphatic carbocycles. The highest BCUT2D eigenvalue weighted by molar-refractivity contribution is 5.79. The molecule has 0 bridgehead atoms. The van der Waals surface area contributed by atoms with E-state index in [1.165, 1.54) is 0 Å². The Morgan fingerprint density at radius 3 is 2.67 bits per heavy atom. The number of nitrogens with one attached hydrogen (secondary N) is 2. The van der Waals surface area contributed by atoms with Crippen LogP contribution in [0.3, 0.4) is 0 Å². The van der Waals surface area contributed by atoms with Crippen molar-refractivity contribution in [2.24, 2.45) is 5.92 Å². The lowest BCUT2D eigenvalue weighted by Gasteiger charge is -2.31. The summed E-state index contributed by atoms with van der Waals surface area (Å²) in [7, 11) is 0. The summed E-state index contributed by atoms with van der Waals surface area (Å²) in [5.41, 5.74) is 2.03. The van der Waals surface area contributed by atoms with E-state index in [9.17, 15) is 9.59 Å². The second kappa shape index (κ2) is 9.21. The number of aromatic nitrogens is 2. The smallest absolute Gasteiger partial charge is 0.317 e. The maximum atomic E-state index is 12.5. The molecule has 1 saturated heterocycles. The number of imidazole rings is 1. The monoisotopic (exact) mass is 369 g/mol. The molecule has 2 N–H and O–H groups in total. The Kier molecular flexibility index (Phi) is 6.46. The van der Waals surface area contributed by atoms with Crippen molar-refractivity contribution in [3.05, 3.63) is 48.5 Å². The number of likely N-dealkylation sites (tertiary alicyclic amines) is 1. The molecule has 1 aliphatic heterocycles. The Morgan fingerprint density at radius 2 is 1.96 bits per heavy atom. The van der Waals surface area contributed by atoms with E-state index in [2.05, 4.69) is 15.6 Å². The van der Waals surface area contributed by atoms with Crippen molar-refractivity contribution < 1.29 is 9.59 Å². The van der Waals surface area contributed by atoms with Gasteiger partial charge in [0.1, 0.15) is 0 Å². The lowest BCUT2D eigenvalue weighted by atomic mass is 9.96. The number of para-hydroxylation sites is 1. The van der Waals surface area contributed by atoms with Gasteiger partial charge >= 0.3 is 6.03 Å². The topological polar surface area (TPSA) is 79.3 Å². The van der Waals surface area contributed by atoms with Crippen LogP contribution < -0.4 is 10.6 Å². The molecule has 1 fully saturated rings. The quantitative estimate of drug-likeness (QED) is 0.820. The molecule has 7 nitrogen and oxygen atoms in total. The average Bonchev–Trinajstić information content (AvgIpc) is 3.25. The minimum Gasteiger partial charge on any atom is -0.356 e. The number of carbonyl (C=O) groups is 2. The summed E-state index contributed by atoms with van der Waals surface area (Å²) in [6, 6.07) is 7.85. The van der Waals surface area contributed by atoms with Gasteiger partial charge in [0.05, 0.1) is 12.0 Å². The number of hydrogen-bond acceptors (Lipinski definition) is 3. The number of urea groups is 1. The summed E-state index contributed by atoms with van der Waals surface area (Å²) in [6.45, 7) is 4.43. The lowest BCUT2D eigenvalue weighted by Crippen LogP contribution is -2.46. The zero-order valence-electron chi connectivity index (χ0n) is 15.7. The average molecular weight is 369 g/mol. The molecule has 3 amide bonds. The summed E-state index contributed by atoms with van der Waals surface area (Å²) >= 11 is 0. The van der Waals surface area contributed by atoms with Crippen LogP contribution >= 0.6 is 0 Å². The Labute approximate surface area is 159 Å². The van der Waals surface area contributed by atoms with Crippen LogP contribution in [-0.2, 0) is 11.3 Å². The Hall–Kier alpha value is -2.83. The molecule has 0 atom stereocenters.